The number of carbonyl (C=O) groups is 1. The minimum atomic E-state index is 0.154. The number of benzene rings is 1. The number of nitrogens with zero attached hydrogens (tertiary/aromatic N) is 2. The second kappa shape index (κ2) is 6.69. The van der Waals surface area contributed by atoms with Gasteiger partial charge in [0, 0.05) is 36.8 Å². The Balaban J connectivity index is 1.51. The molecule has 4 rings (SSSR count). The lowest BCUT2D eigenvalue weighted by Gasteiger charge is -2.16. The maximum atomic E-state index is 12.8. The normalized spacial score (nSPS) is 20.3. The van der Waals surface area contributed by atoms with E-state index in [0.29, 0.717) is 24.8 Å². The molecular weight excluding hydrogens is 312 g/mol. The van der Waals surface area contributed by atoms with Crippen LogP contribution in [0.4, 0.5) is 0 Å². The average Bonchev–Trinajstić information content (AvgIpc) is 3.27. The number of H-pyrrole nitrogens is 1. The summed E-state index contributed by atoms with van der Waals surface area (Å²) in [5, 5.41) is 1.02. The Labute approximate surface area is 146 Å². The number of likely N-dealkylation sites (tertiary alicyclic amines) is 1. The van der Waals surface area contributed by atoms with Crippen molar-refractivity contribution in [2.75, 3.05) is 19.6 Å². The molecule has 5 heteroatoms. The molecule has 3 heterocycles. The van der Waals surface area contributed by atoms with Gasteiger partial charge in [0.05, 0.1) is 6.42 Å². The second-order valence-corrected chi connectivity index (χ2v) is 6.70. The number of hydrogen-bond acceptors (Lipinski definition) is 3. The lowest BCUT2D eigenvalue weighted by atomic mass is 9.89. The number of hydrogen-bond donors (Lipinski definition) is 2. The van der Waals surface area contributed by atoms with Crippen LogP contribution in [0.3, 0.4) is 0 Å². The van der Waals surface area contributed by atoms with Gasteiger partial charge in [0.15, 0.2) is 0 Å². The van der Waals surface area contributed by atoms with E-state index in [4.69, 9.17) is 5.73 Å². The van der Waals surface area contributed by atoms with E-state index in [9.17, 15) is 4.79 Å². The smallest absolute Gasteiger partial charge is 0.227 e. The van der Waals surface area contributed by atoms with Crippen LogP contribution in [0.2, 0.25) is 0 Å². The molecule has 2 atom stereocenters. The van der Waals surface area contributed by atoms with Gasteiger partial charge in [-0.3, -0.25) is 4.79 Å². The number of fused-ring (bicyclic) bond motifs is 1. The predicted octanol–water partition coefficient (Wildman–Crippen LogP) is 2.31. The van der Waals surface area contributed by atoms with Crippen LogP contribution in [0.15, 0.2) is 54.9 Å². The van der Waals surface area contributed by atoms with Gasteiger partial charge in [0.1, 0.15) is 5.65 Å². The molecule has 0 saturated carbocycles. The Morgan fingerprint density at radius 2 is 2.04 bits per heavy atom. The third-order valence-corrected chi connectivity index (χ3v) is 5.20. The van der Waals surface area contributed by atoms with E-state index in [1.165, 1.54) is 5.56 Å². The molecule has 0 aliphatic carbocycles. The van der Waals surface area contributed by atoms with E-state index in [1.54, 1.807) is 6.20 Å². The summed E-state index contributed by atoms with van der Waals surface area (Å²) in [5.41, 5.74) is 9.08. The minimum absolute atomic E-state index is 0.154. The summed E-state index contributed by atoms with van der Waals surface area (Å²) in [6.07, 6.45) is 4.03. The van der Waals surface area contributed by atoms with Crippen LogP contribution in [0, 0.1) is 5.92 Å². The standard InChI is InChI=1S/C20H22N4O/c21-10-16-12-24(13-18(16)14-5-2-1-3-6-14)19(25)9-15-11-23-20-17(15)7-4-8-22-20/h1-8,11,16,18H,9-10,12-13,21H2,(H,22,23)/t16-,18+/m1/s1. The SMILES string of the molecule is NC[C@@H]1CN(C(=O)Cc2c[nH]c3ncccc23)C[C@H]1c1ccccc1. The molecule has 1 saturated heterocycles. The maximum absolute atomic E-state index is 12.8. The fourth-order valence-electron chi connectivity index (χ4n) is 3.83. The number of amides is 1. The van der Waals surface area contributed by atoms with Gasteiger partial charge in [-0.25, -0.2) is 4.98 Å². The van der Waals surface area contributed by atoms with Crippen molar-refractivity contribution < 1.29 is 4.79 Å². The Bertz CT molecular complexity index is 874. The highest BCUT2D eigenvalue weighted by atomic mass is 16.2. The van der Waals surface area contributed by atoms with Gasteiger partial charge in [-0.05, 0) is 35.7 Å². The zero-order valence-corrected chi connectivity index (χ0v) is 14.1. The van der Waals surface area contributed by atoms with Crippen LogP contribution < -0.4 is 5.73 Å². The molecule has 0 unspecified atom stereocenters. The number of pyridine rings is 1. The molecule has 1 aromatic carbocycles. The van der Waals surface area contributed by atoms with Crippen LogP contribution in [0.25, 0.3) is 11.0 Å². The third-order valence-electron chi connectivity index (χ3n) is 5.20. The topological polar surface area (TPSA) is 75.0 Å². The fraction of sp³-hybridized carbons (Fsp3) is 0.300. The molecule has 128 valence electrons. The Kier molecular flexibility index (Phi) is 4.24. The van der Waals surface area contributed by atoms with Gasteiger partial charge in [0.2, 0.25) is 5.91 Å². The number of nitrogens with two attached hydrogens (primary N) is 1. The molecule has 2 aromatic heterocycles. The molecular formula is C20H22N4O. The van der Waals surface area contributed by atoms with Crippen molar-refractivity contribution in [3.8, 4) is 0 Å². The Hall–Kier alpha value is -2.66. The number of rotatable bonds is 4. The summed E-state index contributed by atoms with van der Waals surface area (Å²) in [4.78, 5) is 22.2. The van der Waals surface area contributed by atoms with Crippen molar-refractivity contribution in [1.29, 1.82) is 0 Å². The van der Waals surface area contributed by atoms with Crippen molar-refractivity contribution in [1.82, 2.24) is 14.9 Å². The van der Waals surface area contributed by atoms with E-state index >= 15 is 0 Å². The van der Waals surface area contributed by atoms with Gasteiger partial charge >= 0.3 is 0 Å². The highest BCUT2D eigenvalue weighted by Gasteiger charge is 2.35. The van der Waals surface area contributed by atoms with Gasteiger partial charge in [-0.15, -0.1) is 0 Å². The van der Waals surface area contributed by atoms with E-state index in [2.05, 4.69) is 22.1 Å². The van der Waals surface area contributed by atoms with Crippen LogP contribution in [-0.2, 0) is 11.2 Å². The molecule has 0 radical (unpaired) electrons. The monoisotopic (exact) mass is 334 g/mol. The predicted molar refractivity (Wildman–Crippen MR) is 98.1 cm³/mol. The molecule has 5 nitrogen and oxygen atoms in total. The van der Waals surface area contributed by atoms with Crippen LogP contribution in [-0.4, -0.2) is 40.4 Å². The third kappa shape index (κ3) is 3.03. The first kappa shape index (κ1) is 15.8. The number of carbonyl (C=O) groups excluding carboxylic acids is 1. The van der Waals surface area contributed by atoms with Gasteiger partial charge in [-0.2, -0.15) is 0 Å². The van der Waals surface area contributed by atoms with Crippen molar-refractivity contribution in [3.05, 3.63) is 66.0 Å². The maximum Gasteiger partial charge on any atom is 0.227 e. The largest absolute Gasteiger partial charge is 0.346 e. The van der Waals surface area contributed by atoms with Crippen LogP contribution >= 0.6 is 0 Å². The van der Waals surface area contributed by atoms with E-state index < -0.39 is 0 Å². The van der Waals surface area contributed by atoms with E-state index in [1.807, 2.05) is 41.4 Å². The molecule has 3 aromatic rings. The summed E-state index contributed by atoms with van der Waals surface area (Å²) in [5.74, 6) is 0.789. The van der Waals surface area contributed by atoms with Crippen molar-refractivity contribution in [3.63, 3.8) is 0 Å². The summed E-state index contributed by atoms with van der Waals surface area (Å²) in [7, 11) is 0. The second-order valence-electron chi connectivity index (χ2n) is 6.70. The first-order valence-electron chi connectivity index (χ1n) is 8.70. The summed E-state index contributed by atoms with van der Waals surface area (Å²) in [6.45, 7) is 2.07. The highest BCUT2D eigenvalue weighted by molar-refractivity contribution is 5.87. The zero-order chi connectivity index (χ0) is 17.2. The Morgan fingerprint density at radius 3 is 2.84 bits per heavy atom. The van der Waals surface area contributed by atoms with Gasteiger partial charge in [-0.1, -0.05) is 30.3 Å². The minimum Gasteiger partial charge on any atom is -0.346 e. The van der Waals surface area contributed by atoms with E-state index in [-0.39, 0.29) is 5.91 Å². The summed E-state index contributed by atoms with van der Waals surface area (Å²) in [6, 6.07) is 14.3. The van der Waals surface area contributed by atoms with Crippen molar-refractivity contribution in [2.24, 2.45) is 11.7 Å². The molecule has 1 fully saturated rings. The molecule has 3 N–H and O–H groups in total. The lowest BCUT2D eigenvalue weighted by molar-refractivity contribution is -0.129. The molecule has 1 aliphatic rings. The number of aromatic nitrogens is 2. The van der Waals surface area contributed by atoms with Crippen LogP contribution in [0.1, 0.15) is 17.0 Å². The van der Waals surface area contributed by atoms with Gasteiger partial charge in [0.25, 0.3) is 0 Å². The highest BCUT2D eigenvalue weighted by Crippen LogP contribution is 2.32. The molecule has 0 spiro atoms. The van der Waals surface area contributed by atoms with Crippen LogP contribution in [0.5, 0.6) is 0 Å². The van der Waals surface area contributed by atoms with Gasteiger partial charge < -0.3 is 15.6 Å². The summed E-state index contributed by atoms with van der Waals surface area (Å²) >= 11 is 0. The first-order valence-corrected chi connectivity index (χ1v) is 8.70. The van der Waals surface area contributed by atoms with Crippen molar-refractivity contribution in [2.45, 2.75) is 12.3 Å². The molecule has 0 bridgehead atoms. The zero-order valence-electron chi connectivity index (χ0n) is 14.1. The number of nitrogens with one attached hydrogen (secondary N) is 1. The lowest BCUT2D eigenvalue weighted by Crippen LogP contribution is -2.31. The first-order chi connectivity index (χ1) is 12.3. The Morgan fingerprint density at radius 1 is 1.20 bits per heavy atom. The quantitative estimate of drug-likeness (QED) is 0.769. The number of aromatic amines is 1. The molecule has 1 aliphatic heterocycles. The van der Waals surface area contributed by atoms with E-state index in [0.717, 1.165) is 29.7 Å². The molecule has 1 amide bonds. The summed E-state index contributed by atoms with van der Waals surface area (Å²) < 4.78 is 0. The molecule has 25 heavy (non-hydrogen) atoms. The average molecular weight is 334 g/mol. The van der Waals surface area contributed by atoms with Crippen molar-refractivity contribution >= 4 is 16.9 Å². The fourth-order valence-corrected chi connectivity index (χ4v) is 3.83.